The number of halogens is 2. The van der Waals surface area contributed by atoms with E-state index in [1.807, 2.05) is 6.07 Å². The van der Waals surface area contributed by atoms with E-state index in [-0.39, 0.29) is 0 Å². The van der Waals surface area contributed by atoms with Gasteiger partial charge in [-0.1, -0.05) is 27.5 Å². The lowest BCUT2D eigenvalue weighted by atomic mass is 10.2. The van der Waals surface area contributed by atoms with E-state index in [0.717, 1.165) is 4.47 Å². The fourth-order valence-corrected chi connectivity index (χ4v) is 2.22. The Morgan fingerprint density at radius 3 is 2.39 bits per heavy atom. The monoisotopic (exact) mass is 397 g/mol. The minimum Gasteiger partial charge on any atom is -0.455 e. The Morgan fingerprint density at radius 2 is 1.78 bits per heavy atom. The van der Waals surface area contributed by atoms with Gasteiger partial charge >= 0.3 is 6.09 Å². The number of hydrogen-bond donors (Lipinski definition) is 1. The Balaban J connectivity index is 2.20. The van der Waals surface area contributed by atoms with Crippen LogP contribution in [0.3, 0.4) is 0 Å². The van der Waals surface area contributed by atoms with Crippen molar-refractivity contribution < 1.29 is 14.3 Å². The second-order valence-electron chi connectivity index (χ2n) is 5.82. The first-order valence-corrected chi connectivity index (χ1v) is 8.13. The van der Waals surface area contributed by atoms with Gasteiger partial charge < -0.3 is 9.47 Å². The van der Waals surface area contributed by atoms with Gasteiger partial charge in [-0.2, -0.15) is 0 Å². The van der Waals surface area contributed by atoms with E-state index in [4.69, 9.17) is 21.1 Å². The van der Waals surface area contributed by atoms with E-state index in [9.17, 15) is 4.79 Å². The van der Waals surface area contributed by atoms with Crippen molar-refractivity contribution >= 4 is 39.3 Å². The van der Waals surface area contributed by atoms with Crippen LogP contribution in [0.5, 0.6) is 11.5 Å². The molecular weight excluding hydrogens is 382 g/mol. The van der Waals surface area contributed by atoms with Crippen LogP contribution in [-0.4, -0.2) is 11.7 Å². The van der Waals surface area contributed by atoms with Crippen LogP contribution in [-0.2, 0) is 4.74 Å². The van der Waals surface area contributed by atoms with Crippen LogP contribution in [0, 0.1) is 0 Å². The lowest BCUT2D eigenvalue weighted by Gasteiger charge is -2.20. The maximum atomic E-state index is 12.0. The van der Waals surface area contributed by atoms with Gasteiger partial charge in [0.1, 0.15) is 11.4 Å². The molecule has 6 heteroatoms. The van der Waals surface area contributed by atoms with E-state index >= 15 is 0 Å². The lowest BCUT2D eigenvalue weighted by Crippen LogP contribution is -2.27. The van der Waals surface area contributed by atoms with E-state index in [0.29, 0.717) is 22.2 Å². The molecule has 23 heavy (non-hydrogen) atoms. The SMILES string of the molecule is CC(C)(C)OC(=O)Nc1cc(Br)ccc1Oc1ccc(Cl)cc1. The van der Waals surface area contributed by atoms with Crippen molar-refractivity contribution in [2.45, 2.75) is 26.4 Å². The number of hydrogen-bond acceptors (Lipinski definition) is 3. The molecule has 0 radical (unpaired) electrons. The molecule has 0 aliphatic heterocycles. The summed E-state index contributed by atoms with van der Waals surface area (Å²) < 4.78 is 11.9. The van der Waals surface area contributed by atoms with Gasteiger partial charge in [0, 0.05) is 9.50 Å². The molecule has 0 aromatic heterocycles. The number of anilines is 1. The van der Waals surface area contributed by atoms with Crippen molar-refractivity contribution in [2.24, 2.45) is 0 Å². The highest BCUT2D eigenvalue weighted by Gasteiger charge is 2.18. The standard InChI is InChI=1S/C17H17BrClNO3/c1-17(2,3)23-16(21)20-14-10-11(18)4-9-15(14)22-13-7-5-12(19)6-8-13/h4-10H,1-3H3,(H,20,21). The summed E-state index contributed by atoms with van der Waals surface area (Å²) in [5, 5.41) is 3.32. The average Bonchev–Trinajstić information content (AvgIpc) is 2.42. The molecule has 1 amide bonds. The highest BCUT2D eigenvalue weighted by Crippen LogP contribution is 2.33. The summed E-state index contributed by atoms with van der Waals surface area (Å²) in [4.78, 5) is 12.0. The second kappa shape index (κ2) is 7.23. The van der Waals surface area contributed by atoms with Crippen LogP contribution in [0.2, 0.25) is 5.02 Å². The summed E-state index contributed by atoms with van der Waals surface area (Å²) >= 11 is 9.24. The maximum absolute atomic E-state index is 12.0. The number of ether oxygens (including phenoxy) is 2. The van der Waals surface area contributed by atoms with Gasteiger partial charge in [-0.15, -0.1) is 0 Å². The van der Waals surface area contributed by atoms with Gasteiger partial charge in [0.2, 0.25) is 0 Å². The summed E-state index contributed by atoms with van der Waals surface area (Å²) in [6.45, 7) is 5.41. The fraction of sp³-hybridized carbons (Fsp3) is 0.235. The van der Waals surface area contributed by atoms with Crippen LogP contribution < -0.4 is 10.1 Å². The first-order chi connectivity index (χ1) is 10.7. The highest BCUT2D eigenvalue weighted by molar-refractivity contribution is 9.10. The predicted molar refractivity (Wildman–Crippen MR) is 95.5 cm³/mol. The third-order valence-corrected chi connectivity index (χ3v) is 3.36. The van der Waals surface area contributed by atoms with Gasteiger partial charge in [0.25, 0.3) is 0 Å². The molecule has 0 saturated heterocycles. The minimum absolute atomic E-state index is 0.501. The molecule has 0 unspecified atom stereocenters. The molecule has 0 fully saturated rings. The minimum atomic E-state index is -0.576. The molecule has 0 bridgehead atoms. The lowest BCUT2D eigenvalue weighted by molar-refractivity contribution is 0.0635. The Morgan fingerprint density at radius 1 is 1.13 bits per heavy atom. The Kier molecular flexibility index (Phi) is 5.55. The second-order valence-corrected chi connectivity index (χ2v) is 7.18. The van der Waals surface area contributed by atoms with Crippen LogP contribution in [0.15, 0.2) is 46.9 Å². The summed E-state index contributed by atoms with van der Waals surface area (Å²) in [5.41, 5.74) is -0.0728. The van der Waals surface area contributed by atoms with Crippen LogP contribution >= 0.6 is 27.5 Å². The van der Waals surface area contributed by atoms with Gasteiger partial charge in [-0.05, 0) is 63.2 Å². The smallest absolute Gasteiger partial charge is 0.412 e. The zero-order chi connectivity index (χ0) is 17.0. The van der Waals surface area contributed by atoms with Crippen LogP contribution in [0.1, 0.15) is 20.8 Å². The molecule has 1 N–H and O–H groups in total. The van der Waals surface area contributed by atoms with Crippen molar-refractivity contribution in [3.8, 4) is 11.5 Å². The molecule has 0 saturated carbocycles. The number of carbonyl (C=O) groups is 1. The van der Waals surface area contributed by atoms with E-state index < -0.39 is 11.7 Å². The van der Waals surface area contributed by atoms with Gasteiger partial charge in [-0.3, -0.25) is 5.32 Å². The predicted octanol–water partition coefficient (Wildman–Crippen LogP) is 6.24. The number of amides is 1. The Bertz CT molecular complexity index is 696. The van der Waals surface area contributed by atoms with E-state index in [1.165, 1.54) is 0 Å². The van der Waals surface area contributed by atoms with Crippen molar-refractivity contribution in [3.05, 3.63) is 52.0 Å². The van der Waals surface area contributed by atoms with Crippen LogP contribution in [0.4, 0.5) is 10.5 Å². The molecule has 0 heterocycles. The number of benzene rings is 2. The van der Waals surface area contributed by atoms with E-state index in [1.54, 1.807) is 57.2 Å². The summed E-state index contributed by atoms with van der Waals surface area (Å²) in [6, 6.07) is 12.3. The highest BCUT2D eigenvalue weighted by atomic mass is 79.9. The molecule has 2 aromatic carbocycles. The summed E-state index contributed by atoms with van der Waals surface area (Å²) in [6.07, 6.45) is -0.545. The molecule has 122 valence electrons. The topological polar surface area (TPSA) is 47.6 Å². The quantitative estimate of drug-likeness (QED) is 0.665. The van der Waals surface area contributed by atoms with Crippen molar-refractivity contribution in [1.29, 1.82) is 0 Å². The van der Waals surface area contributed by atoms with E-state index in [2.05, 4.69) is 21.2 Å². The molecule has 2 rings (SSSR count). The zero-order valence-electron chi connectivity index (χ0n) is 13.0. The van der Waals surface area contributed by atoms with Gasteiger partial charge in [-0.25, -0.2) is 4.79 Å². The Hall–Kier alpha value is -1.72. The molecular formula is C17H17BrClNO3. The van der Waals surface area contributed by atoms with Gasteiger partial charge in [0.15, 0.2) is 5.75 Å². The molecule has 4 nitrogen and oxygen atoms in total. The third kappa shape index (κ3) is 5.77. The molecule has 0 atom stereocenters. The first-order valence-electron chi connectivity index (χ1n) is 6.96. The van der Waals surface area contributed by atoms with Crippen molar-refractivity contribution in [3.63, 3.8) is 0 Å². The summed E-state index contributed by atoms with van der Waals surface area (Å²) in [5.74, 6) is 1.12. The van der Waals surface area contributed by atoms with Gasteiger partial charge in [0.05, 0.1) is 5.69 Å². The molecule has 0 aliphatic rings. The molecule has 0 spiro atoms. The Labute approximate surface area is 148 Å². The van der Waals surface area contributed by atoms with Crippen LogP contribution in [0.25, 0.3) is 0 Å². The largest absolute Gasteiger partial charge is 0.455 e. The maximum Gasteiger partial charge on any atom is 0.412 e. The number of carbonyl (C=O) groups excluding carboxylic acids is 1. The van der Waals surface area contributed by atoms with Crippen molar-refractivity contribution in [2.75, 3.05) is 5.32 Å². The first kappa shape index (κ1) is 17.6. The average molecular weight is 399 g/mol. The molecule has 0 aliphatic carbocycles. The number of nitrogens with one attached hydrogen (secondary N) is 1. The zero-order valence-corrected chi connectivity index (χ0v) is 15.4. The third-order valence-electron chi connectivity index (χ3n) is 2.62. The van der Waals surface area contributed by atoms with Crippen molar-refractivity contribution in [1.82, 2.24) is 0 Å². The fourth-order valence-electron chi connectivity index (χ4n) is 1.73. The molecule has 2 aromatic rings. The summed E-state index contributed by atoms with van der Waals surface area (Å²) in [7, 11) is 0. The normalized spacial score (nSPS) is 11.0. The number of rotatable bonds is 3.